The number of esters is 1. The molecule has 3 nitrogen and oxygen atoms in total. The molecule has 0 spiro atoms. The molecule has 10 heavy (non-hydrogen) atoms. The molecule has 0 rings (SSSR count). The van der Waals surface area contributed by atoms with E-state index in [1.165, 1.54) is 0 Å². The molecule has 0 bridgehead atoms. The van der Waals surface area contributed by atoms with Crippen LogP contribution in [0, 0.1) is 0 Å². The number of carbonyl (C=O) groups excluding carboxylic acids is 1. The van der Waals surface area contributed by atoms with Crippen LogP contribution in [0.1, 0.15) is 33.6 Å². The lowest BCUT2D eigenvalue weighted by atomic mass is 10.2. The fourth-order valence-corrected chi connectivity index (χ4v) is 0.404. The van der Waals surface area contributed by atoms with E-state index < -0.39 is 5.72 Å². The molecule has 0 aromatic rings. The van der Waals surface area contributed by atoms with E-state index in [0.717, 1.165) is 0 Å². The molecule has 3 heteroatoms. The van der Waals surface area contributed by atoms with Gasteiger partial charge in [-0.25, -0.2) is 0 Å². The minimum Gasteiger partial charge on any atom is -0.444 e. The van der Waals surface area contributed by atoms with E-state index in [2.05, 4.69) is 0 Å². The van der Waals surface area contributed by atoms with Crippen LogP contribution in [-0.2, 0) is 9.53 Å². The van der Waals surface area contributed by atoms with Gasteiger partial charge in [-0.05, 0) is 13.3 Å². The van der Waals surface area contributed by atoms with Crippen LogP contribution in [0.4, 0.5) is 0 Å². The van der Waals surface area contributed by atoms with Gasteiger partial charge in [0.15, 0.2) is 5.72 Å². The average Bonchev–Trinajstić information content (AvgIpc) is 1.87. The Kier molecular flexibility index (Phi) is 3.36. The van der Waals surface area contributed by atoms with Gasteiger partial charge < -0.3 is 4.74 Å². The van der Waals surface area contributed by atoms with E-state index >= 15 is 0 Å². The van der Waals surface area contributed by atoms with Crippen LogP contribution in [-0.4, -0.2) is 11.7 Å². The van der Waals surface area contributed by atoms with E-state index in [-0.39, 0.29) is 5.97 Å². The summed E-state index contributed by atoms with van der Waals surface area (Å²) in [6, 6.07) is 0. The quantitative estimate of drug-likeness (QED) is 0.476. The van der Waals surface area contributed by atoms with Crippen molar-refractivity contribution in [2.75, 3.05) is 0 Å². The van der Waals surface area contributed by atoms with Crippen molar-refractivity contribution in [3.63, 3.8) is 0 Å². The zero-order valence-corrected chi connectivity index (χ0v) is 6.81. The molecular formula is C7H15NO2. The third-order valence-electron chi connectivity index (χ3n) is 1.34. The third kappa shape index (κ3) is 3.45. The van der Waals surface area contributed by atoms with Crippen LogP contribution in [0.15, 0.2) is 0 Å². The minimum absolute atomic E-state index is 0.244. The molecular weight excluding hydrogens is 130 g/mol. The summed E-state index contributed by atoms with van der Waals surface area (Å²) in [5.74, 6) is -0.244. The van der Waals surface area contributed by atoms with E-state index in [1.54, 1.807) is 13.8 Å². The smallest absolute Gasteiger partial charge is 0.307 e. The first kappa shape index (κ1) is 9.43. The molecule has 0 aliphatic carbocycles. The fraction of sp³-hybridized carbons (Fsp3) is 0.857. The second-order valence-electron chi connectivity index (χ2n) is 2.49. The molecule has 0 saturated carbocycles. The largest absolute Gasteiger partial charge is 0.444 e. The van der Waals surface area contributed by atoms with E-state index in [9.17, 15) is 4.79 Å². The zero-order valence-electron chi connectivity index (χ0n) is 6.81. The van der Waals surface area contributed by atoms with Crippen LogP contribution in [0.3, 0.4) is 0 Å². The van der Waals surface area contributed by atoms with Gasteiger partial charge in [-0.1, -0.05) is 13.8 Å². The summed E-state index contributed by atoms with van der Waals surface area (Å²) in [5, 5.41) is 0. The van der Waals surface area contributed by atoms with E-state index in [0.29, 0.717) is 12.8 Å². The Morgan fingerprint density at radius 1 is 1.60 bits per heavy atom. The summed E-state index contributed by atoms with van der Waals surface area (Å²) >= 11 is 0. The Balaban J connectivity index is 3.76. The first-order valence-electron chi connectivity index (χ1n) is 3.52. The predicted octanol–water partition coefficient (Wildman–Crippen LogP) is 1.02. The lowest BCUT2D eigenvalue weighted by Crippen LogP contribution is -2.40. The molecule has 2 N–H and O–H groups in total. The van der Waals surface area contributed by atoms with Gasteiger partial charge in [0.25, 0.3) is 0 Å². The normalized spacial score (nSPS) is 16.0. The second kappa shape index (κ2) is 3.56. The van der Waals surface area contributed by atoms with Crippen LogP contribution >= 0.6 is 0 Å². The molecule has 0 amide bonds. The maximum absolute atomic E-state index is 10.7. The molecule has 0 radical (unpaired) electrons. The highest BCUT2D eigenvalue weighted by atomic mass is 16.6. The van der Waals surface area contributed by atoms with Crippen LogP contribution in [0.5, 0.6) is 0 Å². The van der Waals surface area contributed by atoms with Gasteiger partial charge in [-0.15, -0.1) is 0 Å². The van der Waals surface area contributed by atoms with Crippen molar-refractivity contribution in [3.8, 4) is 0 Å². The molecule has 60 valence electrons. The number of ether oxygens (including phenoxy) is 1. The maximum Gasteiger partial charge on any atom is 0.307 e. The lowest BCUT2D eigenvalue weighted by Gasteiger charge is -2.22. The highest BCUT2D eigenvalue weighted by Crippen LogP contribution is 2.07. The van der Waals surface area contributed by atoms with Gasteiger partial charge in [-0.3, -0.25) is 10.5 Å². The Hall–Kier alpha value is -0.570. The number of carbonyl (C=O) groups is 1. The van der Waals surface area contributed by atoms with Crippen molar-refractivity contribution >= 4 is 5.97 Å². The second-order valence-corrected chi connectivity index (χ2v) is 2.49. The number of hydrogen-bond donors (Lipinski definition) is 1. The van der Waals surface area contributed by atoms with Crippen LogP contribution in [0.2, 0.25) is 0 Å². The average molecular weight is 145 g/mol. The highest BCUT2D eigenvalue weighted by molar-refractivity contribution is 5.69. The number of rotatable bonds is 3. The topological polar surface area (TPSA) is 52.3 Å². The summed E-state index contributed by atoms with van der Waals surface area (Å²) in [4.78, 5) is 10.7. The molecule has 0 aromatic carbocycles. The first-order valence-corrected chi connectivity index (χ1v) is 3.52. The number of nitrogens with two attached hydrogens (primary N) is 1. The molecule has 0 aliphatic heterocycles. The molecule has 0 aromatic heterocycles. The zero-order chi connectivity index (χ0) is 8.20. The van der Waals surface area contributed by atoms with Gasteiger partial charge in [0.05, 0.1) is 0 Å². The van der Waals surface area contributed by atoms with Crippen LogP contribution in [0.25, 0.3) is 0 Å². The van der Waals surface area contributed by atoms with Crippen molar-refractivity contribution in [2.24, 2.45) is 5.73 Å². The Morgan fingerprint density at radius 3 is 2.40 bits per heavy atom. The van der Waals surface area contributed by atoms with Crippen molar-refractivity contribution in [1.82, 2.24) is 0 Å². The Labute approximate surface area is 61.5 Å². The molecule has 0 fully saturated rings. The summed E-state index contributed by atoms with van der Waals surface area (Å²) < 4.78 is 4.88. The SMILES string of the molecule is CCC(=O)OC(C)(N)CC. The standard InChI is InChI=1S/C7H15NO2/c1-4-6(9)10-7(3,8)5-2/h4-5,8H2,1-3H3. The van der Waals surface area contributed by atoms with Gasteiger partial charge in [0, 0.05) is 6.42 Å². The van der Waals surface area contributed by atoms with Crippen LogP contribution < -0.4 is 5.73 Å². The van der Waals surface area contributed by atoms with Crippen molar-refractivity contribution < 1.29 is 9.53 Å². The maximum atomic E-state index is 10.7. The van der Waals surface area contributed by atoms with Gasteiger partial charge >= 0.3 is 5.97 Å². The predicted molar refractivity (Wildman–Crippen MR) is 39.3 cm³/mol. The monoisotopic (exact) mass is 145 g/mol. The first-order chi connectivity index (χ1) is 4.52. The Morgan fingerprint density at radius 2 is 2.10 bits per heavy atom. The molecule has 1 unspecified atom stereocenters. The summed E-state index contributed by atoms with van der Waals surface area (Å²) in [6.45, 7) is 5.32. The van der Waals surface area contributed by atoms with E-state index in [1.807, 2.05) is 6.92 Å². The molecule has 1 atom stereocenters. The van der Waals surface area contributed by atoms with Gasteiger partial charge in [0.1, 0.15) is 0 Å². The molecule has 0 saturated heterocycles. The summed E-state index contributed by atoms with van der Waals surface area (Å²) in [6.07, 6.45) is 1.02. The summed E-state index contributed by atoms with van der Waals surface area (Å²) in [5.41, 5.74) is 4.76. The highest BCUT2D eigenvalue weighted by Gasteiger charge is 2.19. The summed E-state index contributed by atoms with van der Waals surface area (Å²) in [7, 11) is 0. The Bertz CT molecular complexity index is 121. The fourth-order valence-electron chi connectivity index (χ4n) is 0.404. The molecule has 0 heterocycles. The van der Waals surface area contributed by atoms with Crippen molar-refractivity contribution in [3.05, 3.63) is 0 Å². The van der Waals surface area contributed by atoms with Crippen molar-refractivity contribution in [2.45, 2.75) is 39.3 Å². The minimum atomic E-state index is -0.785. The lowest BCUT2D eigenvalue weighted by molar-refractivity contribution is -0.157. The van der Waals surface area contributed by atoms with E-state index in [4.69, 9.17) is 10.5 Å². The van der Waals surface area contributed by atoms with Crippen molar-refractivity contribution in [1.29, 1.82) is 0 Å². The number of hydrogen-bond acceptors (Lipinski definition) is 3. The van der Waals surface area contributed by atoms with Gasteiger partial charge in [-0.2, -0.15) is 0 Å². The van der Waals surface area contributed by atoms with Gasteiger partial charge in [0.2, 0.25) is 0 Å². The third-order valence-corrected chi connectivity index (χ3v) is 1.34. The molecule has 0 aliphatic rings.